The van der Waals surface area contributed by atoms with Gasteiger partial charge in [-0.25, -0.2) is 9.97 Å². The van der Waals surface area contributed by atoms with Crippen LogP contribution in [0.5, 0.6) is 0 Å². The van der Waals surface area contributed by atoms with Crippen LogP contribution in [0.3, 0.4) is 0 Å². The number of thioether (sulfide) groups is 1. The minimum Gasteiger partial charge on any atom is -0.354 e. The fraction of sp³-hybridized carbons (Fsp3) is 0.476. The normalized spacial score (nSPS) is 17.6. The number of amides is 1. The summed E-state index contributed by atoms with van der Waals surface area (Å²) in [5.74, 6) is 0.623. The molecule has 10 heteroatoms. The van der Waals surface area contributed by atoms with E-state index in [-0.39, 0.29) is 17.1 Å². The molecule has 1 N–H and O–H groups in total. The maximum Gasteiger partial charge on any atom is 0.433 e. The molecule has 0 bridgehead atoms. The second-order valence-electron chi connectivity index (χ2n) is 7.92. The number of aromatic nitrogens is 2. The Kier molecular flexibility index (Phi) is 6.38. The zero-order chi connectivity index (χ0) is 22.0. The van der Waals surface area contributed by atoms with Crippen molar-refractivity contribution >= 4 is 23.5 Å². The first-order valence-corrected chi connectivity index (χ1v) is 11.2. The first-order valence-electron chi connectivity index (χ1n) is 10.2. The SMILES string of the molecule is CN1CCN(c2cc(C(F)(F)F)nc(SCc3ccc(C(=O)NC4CC4)cc3)n2)CC1. The van der Waals surface area contributed by atoms with Gasteiger partial charge in [0.2, 0.25) is 0 Å². The van der Waals surface area contributed by atoms with E-state index in [1.807, 2.05) is 24.1 Å². The summed E-state index contributed by atoms with van der Waals surface area (Å²) >= 11 is 1.16. The average Bonchev–Trinajstić information content (AvgIpc) is 3.56. The first-order chi connectivity index (χ1) is 14.8. The van der Waals surface area contributed by atoms with E-state index >= 15 is 0 Å². The number of alkyl halides is 3. The van der Waals surface area contributed by atoms with Crippen molar-refractivity contribution < 1.29 is 18.0 Å². The number of hydrogen-bond donors (Lipinski definition) is 1. The first kappa shape index (κ1) is 21.9. The van der Waals surface area contributed by atoms with Gasteiger partial charge in [0.1, 0.15) is 5.82 Å². The molecule has 2 aliphatic rings. The molecule has 0 radical (unpaired) electrons. The van der Waals surface area contributed by atoms with Crippen molar-refractivity contribution in [3.05, 3.63) is 47.2 Å². The summed E-state index contributed by atoms with van der Waals surface area (Å²) in [6, 6.07) is 8.40. The summed E-state index contributed by atoms with van der Waals surface area (Å²) in [5, 5.41) is 3.03. The minimum absolute atomic E-state index is 0.0966. The van der Waals surface area contributed by atoms with E-state index < -0.39 is 11.9 Å². The van der Waals surface area contributed by atoms with E-state index in [4.69, 9.17) is 0 Å². The van der Waals surface area contributed by atoms with Crippen LogP contribution in [0.15, 0.2) is 35.5 Å². The van der Waals surface area contributed by atoms with E-state index in [1.165, 1.54) is 0 Å². The van der Waals surface area contributed by atoms with Crippen LogP contribution in [0.25, 0.3) is 0 Å². The molecule has 1 amide bonds. The predicted octanol–water partition coefficient (Wildman–Crippen LogP) is 3.43. The Balaban J connectivity index is 1.45. The van der Waals surface area contributed by atoms with Crippen molar-refractivity contribution in [2.24, 2.45) is 0 Å². The van der Waals surface area contributed by atoms with Gasteiger partial charge in [0.05, 0.1) is 0 Å². The van der Waals surface area contributed by atoms with Gasteiger partial charge in [0.15, 0.2) is 10.9 Å². The lowest BCUT2D eigenvalue weighted by Gasteiger charge is -2.33. The number of nitrogens with one attached hydrogen (secondary N) is 1. The van der Waals surface area contributed by atoms with Crippen LogP contribution in [-0.2, 0) is 11.9 Å². The van der Waals surface area contributed by atoms with E-state index in [2.05, 4.69) is 20.2 Å². The third-order valence-corrected chi connectivity index (χ3v) is 6.22. The largest absolute Gasteiger partial charge is 0.433 e. The zero-order valence-electron chi connectivity index (χ0n) is 17.2. The highest BCUT2D eigenvalue weighted by atomic mass is 32.2. The molecule has 166 valence electrons. The molecular weight excluding hydrogens is 427 g/mol. The van der Waals surface area contributed by atoms with Gasteiger partial charge >= 0.3 is 6.18 Å². The highest BCUT2D eigenvalue weighted by Crippen LogP contribution is 2.32. The van der Waals surface area contributed by atoms with E-state index in [0.29, 0.717) is 30.2 Å². The van der Waals surface area contributed by atoms with Crippen LogP contribution in [0.1, 0.15) is 34.5 Å². The van der Waals surface area contributed by atoms with Gasteiger partial charge in [0, 0.05) is 49.6 Å². The molecule has 31 heavy (non-hydrogen) atoms. The number of nitrogens with zero attached hydrogens (tertiary/aromatic N) is 4. The van der Waals surface area contributed by atoms with Crippen molar-refractivity contribution in [2.75, 3.05) is 38.1 Å². The Morgan fingerprint density at radius 2 is 1.81 bits per heavy atom. The number of carbonyl (C=O) groups excluding carboxylic acids is 1. The third kappa shape index (κ3) is 5.88. The van der Waals surface area contributed by atoms with Crippen molar-refractivity contribution in [1.82, 2.24) is 20.2 Å². The maximum atomic E-state index is 13.4. The second kappa shape index (κ2) is 9.04. The fourth-order valence-corrected chi connectivity index (χ4v) is 4.03. The summed E-state index contributed by atoms with van der Waals surface area (Å²) < 4.78 is 40.2. The number of rotatable bonds is 6. The monoisotopic (exact) mass is 451 g/mol. The van der Waals surface area contributed by atoms with Gasteiger partial charge in [-0.1, -0.05) is 23.9 Å². The van der Waals surface area contributed by atoms with Gasteiger partial charge in [-0.3, -0.25) is 4.79 Å². The number of halogens is 3. The van der Waals surface area contributed by atoms with Crippen LogP contribution in [0.4, 0.5) is 19.0 Å². The molecule has 0 spiro atoms. The Labute approximate surface area is 183 Å². The average molecular weight is 452 g/mol. The Hall–Kier alpha value is -2.33. The summed E-state index contributed by atoms with van der Waals surface area (Å²) in [6.45, 7) is 2.79. The number of anilines is 1. The molecule has 4 rings (SSSR count). The van der Waals surface area contributed by atoms with E-state index in [0.717, 1.165) is 49.3 Å². The van der Waals surface area contributed by atoms with Gasteiger partial charge < -0.3 is 15.1 Å². The van der Waals surface area contributed by atoms with Gasteiger partial charge in [-0.2, -0.15) is 13.2 Å². The van der Waals surface area contributed by atoms with E-state index in [9.17, 15) is 18.0 Å². The van der Waals surface area contributed by atoms with Crippen LogP contribution < -0.4 is 10.2 Å². The van der Waals surface area contributed by atoms with Crippen LogP contribution in [0, 0.1) is 0 Å². The zero-order valence-corrected chi connectivity index (χ0v) is 18.0. The Morgan fingerprint density at radius 1 is 1.13 bits per heavy atom. The molecule has 2 heterocycles. The quantitative estimate of drug-likeness (QED) is 0.537. The number of benzene rings is 1. The van der Waals surface area contributed by atoms with Crippen LogP contribution >= 0.6 is 11.8 Å². The molecule has 6 nitrogen and oxygen atoms in total. The lowest BCUT2D eigenvalue weighted by Crippen LogP contribution is -2.45. The molecule has 2 fully saturated rings. The standard InChI is InChI=1S/C21H24F3N5OS/c1-28-8-10-29(11-9-28)18-12-17(21(22,23)24)26-20(27-18)31-13-14-2-4-15(5-3-14)19(30)25-16-6-7-16/h2-5,12,16H,6-11,13H2,1H3,(H,25,30). The molecule has 1 saturated heterocycles. The lowest BCUT2D eigenvalue weighted by molar-refractivity contribution is -0.141. The van der Waals surface area contributed by atoms with Crippen molar-refractivity contribution in [2.45, 2.75) is 36.0 Å². The molecule has 1 aliphatic heterocycles. The summed E-state index contributed by atoms with van der Waals surface area (Å²) in [6.07, 6.45) is -2.49. The molecular formula is C21H24F3N5OS. The number of likely N-dealkylation sites (N-methyl/N-ethyl adjacent to an activating group) is 1. The summed E-state index contributed by atoms with van der Waals surface area (Å²) in [7, 11) is 1.99. The minimum atomic E-state index is -4.53. The second-order valence-corrected chi connectivity index (χ2v) is 8.86. The molecule has 0 atom stereocenters. The van der Waals surface area contributed by atoms with Crippen LogP contribution in [0.2, 0.25) is 0 Å². The topological polar surface area (TPSA) is 61.4 Å². The van der Waals surface area contributed by atoms with Gasteiger partial charge in [-0.15, -0.1) is 0 Å². The van der Waals surface area contributed by atoms with Crippen molar-refractivity contribution in [3.8, 4) is 0 Å². The molecule has 1 aromatic carbocycles. The highest BCUT2D eigenvalue weighted by Gasteiger charge is 2.34. The van der Waals surface area contributed by atoms with Gasteiger partial charge in [0.25, 0.3) is 5.91 Å². The summed E-state index contributed by atoms with van der Waals surface area (Å²) in [5.41, 5.74) is 0.537. The van der Waals surface area contributed by atoms with Crippen molar-refractivity contribution in [3.63, 3.8) is 0 Å². The summed E-state index contributed by atoms with van der Waals surface area (Å²) in [4.78, 5) is 24.2. The smallest absolute Gasteiger partial charge is 0.354 e. The fourth-order valence-electron chi connectivity index (χ4n) is 3.22. The van der Waals surface area contributed by atoms with Crippen LogP contribution in [-0.4, -0.2) is 60.0 Å². The highest BCUT2D eigenvalue weighted by molar-refractivity contribution is 7.98. The van der Waals surface area contributed by atoms with E-state index in [1.54, 1.807) is 12.1 Å². The molecule has 2 aromatic rings. The van der Waals surface area contributed by atoms with Crippen molar-refractivity contribution in [1.29, 1.82) is 0 Å². The predicted molar refractivity (Wildman–Crippen MR) is 113 cm³/mol. The lowest BCUT2D eigenvalue weighted by atomic mass is 10.1. The maximum absolute atomic E-state index is 13.4. The Bertz CT molecular complexity index is 926. The van der Waals surface area contributed by atoms with Gasteiger partial charge in [-0.05, 0) is 37.6 Å². The molecule has 1 saturated carbocycles. The Morgan fingerprint density at radius 3 is 2.42 bits per heavy atom. The number of carbonyl (C=O) groups is 1. The number of hydrogen-bond acceptors (Lipinski definition) is 6. The third-order valence-electron chi connectivity index (χ3n) is 5.31. The molecule has 0 unspecified atom stereocenters. The number of piperazine rings is 1. The molecule has 1 aliphatic carbocycles. The molecule has 1 aromatic heterocycles.